The molecule has 1 aromatic heterocycles. The van der Waals surface area contributed by atoms with Crippen LogP contribution in [0.3, 0.4) is 0 Å². The monoisotopic (exact) mass is 418 g/mol. The molecule has 1 heterocycles. The number of benzene rings is 2. The number of aliphatic imine (C=N–C) groups is 1. The molecule has 3 rings (SSSR count). The van der Waals surface area contributed by atoms with Crippen LogP contribution in [0.2, 0.25) is 0 Å². The van der Waals surface area contributed by atoms with E-state index in [-0.39, 0.29) is 18.4 Å². The molecule has 6 heteroatoms. The quantitative estimate of drug-likeness (QED) is 0.413. The molecule has 2 N–H and O–H groups in total. The summed E-state index contributed by atoms with van der Waals surface area (Å²) in [7, 11) is 3.46. The van der Waals surface area contributed by atoms with Crippen molar-refractivity contribution in [3.8, 4) is 0 Å². The average Bonchev–Trinajstić information content (AvgIpc) is 3.32. The summed E-state index contributed by atoms with van der Waals surface area (Å²) in [5, 5.41) is 6.75. The first-order valence-electron chi connectivity index (χ1n) is 10.5. The van der Waals surface area contributed by atoms with Crippen LogP contribution >= 0.6 is 0 Å². The maximum atomic E-state index is 12.0. The van der Waals surface area contributed by atoms with E-state index in [1.54, 1.807) is 25.3 Å². The van der Waals surface area contributed by atoms with Crippen molar-refractivity contribution < 1.29 is 9.21 Å². The summed E-state index contributed by atoms with van der Waals surface area (Å²) >= 11 is 0. The number of likely N-dealkylation sites (N-methyl/N-ethyl adjacent to an activating group) is 1. The summed E-state index contributed by atoms with van der Waals surface area (Å²) in [4.78, 5) is 18.1. The van der Waals surface area contributed by atoms with E-state index in [0.717, 1.165) is 12.2 Å². The van der Waals surface area contributed by atoms with E-state index in [1.165, 1.54) is 11.1 Å². The Bertz CT molecular complexity index is 899. The average molecular weight is 419 g/mol. The number of furan rings is 1. The summed E-state index contributed by atoms with van der Waals surface area (Å²) in [6.07, 6.45) is 2.40. The predicted molar refractivity (Wildman–Crippen MR) is 124 cm³/mol. The number of hydrogen-bond acceptors (Lipinski definition) is 3. The normalized spacial score (nSPS) is 11.4. The zero-order valence-electron chi connectivity index (χ0n) is 18.1. The zero-order chi connectivity index (χ0) is 21.9. The number of hydrogen-bond donors (Lipinski definition) is 2. The van der Waals surface area contributed by atoms with E-state index in [1.807, 2.05) is 24.3 Å². The molecule has 2 aromatic carbocycles. The van der Waals surface area contributed by atoms with E-state index in [0.29, 0.717) is 19.0 Å². The van der Waals surface area contributed by atoms with Crippen molar-refractivity contribution in [2.45, 2.75) is 12.3 Å². The Morgan fingerprint density at radius 3 is 2.13 bits per heavy atom. The van der Waals surface area contributed by atoms with Gasteiger partial charge < -0.3 is 20.0 Å². The number of guanidine groups is 1. The summed E-state index contributed by atoms with van der Waals surface area (Å²) in [5.74, 6) is 1.63. The molecule has 0 aliphatic carbocycles. The highest BCUT2D eigenvalue weighted by Gasteiger charge is 2.15. The summed E-state index contributed by atoms with van der Waals surface area (Å²) in [6.45, 7) is 1.39. The third-order valence-corrected chi connectivity index (χ3v) is 4.99. The SMILES string of the molecule is CN(C)C(=O)CN=C(NCCc1ccco1)NCC(c1ccccc1)c1ccccc1. The minimum absolute atomic E-state index is 0.0465. The van der Waals surface area contributed by atoms with E-state index in [9.17, 15) is 4.79 Å². The lowest BCUT2D eigenvalue weighted by molar-refractivity contribution is -0.127. The number of nitrogens with zero attached hydrogens (tertiary/aromatic N) is 2. The van der Waals surface area contributed by atoms with Crippen LogP contribution in [0, 0.1) is 0 Å². The molecule has 0 unspecified atom stereocenters. The van der Waals surface area contributed by atoms with Gasteiger partial charge in [-0.3, -0.25) is 4.79 Å². The maximum Gasteiger partial charge on any atom is 0.243 e. The second-order valence-corrected chi connectivity index (χ2v) is 7.46. The lowest BCUT2D eigenvalue weighted by Crippen LogP contribution is -2.41. The Hall–Kier alpha value is -3.54. The van der Waals surface area contributed by atoms with Crippen molar-refractivity contribution in [3.63, 3.8) is 0 Å². The highest BCUT2D eigenvalue weighted by molar-refractivity contribution is 5.84. The van der Waals surface area contributed by atoms with Gasteiger partial charge in [0.1, 0.15) is 12.3 Å². The van der Waals surface area contributed by atoms with Crippen molar-refractivity contribution in [2.75, 3.05) is 33.7 Å². The van der Waals surface area contributed by atoms with Crippen LogP contribution in [0.4, 0.5) is 0 Å². The Morgan fingerprint density at radius 1 is 0.935 bits per heavy atom. The highest BCUT2D eigenvalue weighted by Crippen LogP contribution is 2.23. The van der Waals surface area contributed by atoms with Gasteiger partial charge in [0.2, 0.25) is 5.91 Å². The lowest BCUT2D eigenvalue weighted by atomic mass is 9.91. The number of nitrogens with one attached hydrogen (secondary N) is 2. The molecular weight excluding hydrogens is 388 g/mol. The Morgan fingerprint density at radius 2 is 1.58 bits per heavy atom. The Kier molecular flexibility index (Phi) is 8.29. The fraction of sp³-hybridized carbons (Fsp3) is 0.280. The molecule has 162 valence electrons. The van der Waals surface area contributed by atoms with E-state index in [2.05, 4.69) is 64.2 Å². The molecule has 0 spiro atoms. The standard InChI is InChI=1S/C25H30N4O2/c1-29(2)24(30)19-28-25(26-16-15-22-14-9-17-31-22)27-18-23(20-10-5-3-6-11-20)21-12-7-4-8-13-21/h3-14,17,23H,15-16,18-19H2,1-2H3,(H2,26,27,28). The third-order valence-electron chi connectivity index (χ3n) is 4.99. The fourth-order valence-electron chi connectivity index (χ4n) is 3.22. The summed E-state index contributed by atoms with van der Waals surface area (Å²) in [6, 6.07) is 24.6. The van der Waals surface area contributed by atoms with Gasteiger partial charge in [0.15, 0.2) is 5.96 Å². The van der Waals surface area contributed by atoms with E-state index in [4.69, 9.17) is 4.42 Å². The van der Waals surface area contributed by atoms with Gasteiger partial charge in [-0.15, -0.1) is 0 Å². The largest absolute Gasteiger partial charge is 0.469 e. The van der Waals surface area contributed by atoms with Crippen molar-refractivity contribution in [1.82, 2.24) is 15.5 Å². The van der Waals surface area contributed by atoms with Crippen LogP contribution in [0.15, 0.2) is 88.5 Å². The van der Waals surface area contributed by atoms with Gasteiger partial charge in [0.05, 0.1) is 6.26 Å². The van der Waals surface area contributed by atoms with Crippen LogP contribution < -0.4 is 10.6 Å². The van der Waals surface area contributed by atoms with Gasteiger partial charge in [-0.25, -0.2) is 4.99 Å². The van der Waals surface area contributed by atoms with Crippen molar-refractivity contribution >= 4 is 11.9 Å². The van der Waals surface area contributed by atoms with Gasteiger partial charge in [-0.1, -0.05) is 60.7 Å². The topological polar surface area (TPSA) is 69.9 Å². The minimum Gasteiger partial charge on any atom is -0.469 e. The molecular formula is C25H30N4O2. The van der Waals surface area contributed by atoms with Gasteiger partial charge in [0.25, 0.3) is 0 Å². The van der Waals surface area contributed by atoms with E-state index < -0.39 is 0 Å². The molecule has 0 fully saturated rings. The number of carbonyl (C=O) groups is 1. The molecule has 0 bridgehead atoms. The highest BCUT2D eigenvalue weighted by atomic mass is 16.3. The molecule has 0 aliphatic heterocycles. The van der Waals surface area contributed by atoms with Crippen molar-refractivity contribution in [2.24, 2.45) is 4.99 Å². The first kappa shape index (κ1) is 22.2. The smallest absolute Gasteiger partial charge is 0.243 e. The molecule has 0 atom stereocenters. The first-order chi connectivity index (χ1) is 15.1. The Labute approximate surface area is 184 Å². The molecule has 0 saturated heterocycles. The van der Waals surface area contributed by atoms with Crippen molar-refractivity contribution in [3.05, 3.63) is 95.9 Å². The van der Waals surface area contributed by atoms with Gasteiger partial charge in [-0.05, 0) is 23.3 Å². The lowest BCUT2D eigenvalue weighted by Gasteiger charge is -2.21. The van der Waals surface area contributed by atoms with Gasteiger partial charge in [-0.2, -0.15) is 0 Å². The van der Waals surface area contributed by atoms with Gasteiger partial charge >= 0.3 is 0 Å². The molecule has 0 saturated carbocycles. The zero-order valence-corrected chi connectivity index (χ0v) is 18.1. The van der Waals surface area contributed by atoms with Crippen LogP contribution in [0.5, 0.6) is 0 Å². The number of rotatable bonds is 9. The molecule has 0 radical (unpaired) electrons. The van der Waals surface area contributed by atoms with Crippen LogP contribution in [-0.4, -0.2) is 50.5 Å². The molecule has 3 aromatic rings. The molecule has 31 heavy (non-hydrogen) atoms. The van der Waals surface area contributed by atoms with Gasteiger partial charge in [0, 0.05) is 39.5 Å². The van der Waals surface area contributed by atoms with Crippen LogP contribution in [0.1, 0.15) is 22.8 Å². The molecule has 0 aliphatic rings. The second kappa shape index (κ2) is 11.6. The second-order valence-electron chi connectivity index (χ2n) is 7.46. The Balaban J connectivity index is 1.70. The molecule has 6 nitrogen and oxygen atoms in total. The summed E-state index contributed by atoms with van der Waals surface area (Å²) < 4.78 is 5.40. The molecule has 1 amide bonds. The third kappa shape index (κ3) is 7.03. The number of amides is 1. The van der Waals surface area contributed by atoms with Crippen molar-refractivity contribution in [1.29, 1.82) is 0 Å². The van der Waals surface area contributed by atoms with Crippen LogP contribution in [0.25, 0.3) is 0 Å². The maximum absolute atomic E-state index is 12.0. The minimum atomic E-state index is -0.0465. The first-order valence-corrected chi connectivity index (χ1v) is 10.5. The summed E-state index contributed by atoms with van der Waals surface area (Å²) in [5.41, 5.74) is 2.45. The van der Waals surface area contributed by atoms with E-state index >= 15 is 0 Å². The fourth-order valence-corrected chi connectivity index (χ4v) is 3.22. The van der Waals surface area contributed by atoms with Crippen LogP contribution in [-0.2, 0) is 11.2 Å². The predicted octanol–water partition coefficient (Wildman–Crippen LogP) is 3.28. The number of carbonyl (C=O) groups excluding carboxylic acids is 1.